The third-order valence-corrected chi connectivity index (χ3v) is 10.4. The first kappa shape index (κ1) is 61.8. The van der Waals surface area contributed by atoms with Gasteiger partial charge >= 0.3 is 48.5 Å². The van der Waals surface area contributed by atoms with Gasteiger partial charge in [0.05, 0.1) is 48.7 Å². The molecule has 0 unspecified atom stereocenters. The van der Waals surface area contributed by atoms with Gasteiger partial charge in [0.15, 0.2) is 0 Å². The molecule has 0 amide bonds. The molecule has 0 saturated carbocycles. The van der Waals surface area contributed by atoms with E-state index in [0.717, 1.165) is 48.5 Å². The molecule has 0 radical (unpaired) electrons. The van der Waals surface area contributed by atoms with E-state index in [1.807, 2.05) is 0 Å². The van der Waals surface area contributed by atoms with Crippen molar-refractivity contribution in [1.82, 2.24) is 0 Å². The lowest BCUT2D eigenvalue weighted by atomic mass is 10.2. The first-order valence-corrected chi connectivity index (χ1v) is 24.2. The lowest BCUT2D eigenvalue weighted by Crippen LogP contribution is -2.17. The number of alkyl halides is 6. The normalized spacial score (nSPS) is 11.2. The number of unbranched alkanes of at least 4 members (excludes halogenated alkanes) is 3. The fourth-order valence-electron chi connectivity index (χ4n) is 6.65. The molecule has 0 heterocycles. The van der Waals surface area contributed by atoms with E-state index in [4.69, 9.17) is 51.4 Å². The smallest absolute Gasteiger partial charge is 0.463 e. The zero-order chi connectivity index (χ0) is 59.0. The predicted octanol–water partition coefficient (Wildman–Crippen LogP) is 10.7. The van der Waals surface area contributed by atoms with E-state index in [9.17, 15) is 55.1 Å². The van der Waals surface area contributed by atoms with Crippen LogP contribution in [0.5, 0.6) is 23.0 Å². The van der Waals surface area contributed by atoms with Gasteiger partial charge in [-0.15, -0.1) is 26.3 Å². The number of nitrogens with two attached hydrogens (primary N) is 4. The van der Waals surface area contributed by atoms with E-state index < -0.39 is 60.0 Å². The maximum absolute atomic E-state index is 12.2. The van der Waals surface area contributed by atoms with Crippen LogP contribution in [0.4, 0.5) is 49.1 Å². The third kappa shape index (κ3) is 23.6. The molecule has 0 atom stereocenters. The zero-order valence-electron chi connectivity index (χ0n) is 42.7. The highest BCUT2D eigenvalue weighted by Gasteiger charge is 2.32. The largest absolute Gasteiger partial charge is 0.573 e. The summed E-state index contributed by atoms with van der Waals surface area (Å²) in [6.45, 7) is 0.663. The quantitative estimate of drug-likeness (QED) is 0.00882. The van der Waals surface area contributed by atoms with Crippen molar-refractivity contribution < 1.29 is 93.0 Å². The highest BCUT2D eigenvalue weighted by atomic mass is 19.4. The van der Waals surface area contributed by atoms with Gasteiger partial charge in [0.2, 0.25) is 0 Å². The van der Waals surface area contributed by atoms with Crippen molar-refractivity contribution in [2.75, 3.05) is 49.4 Å². The minimum absolute atomic E-state index is 0.0333. The number of carbonyl (C=O) groups excluding carboxylic acids is 6. The number of halogens is 6. The van der Waals surface area contributed by atoms with Crippen LogP contribution < -0.4 is 41.9 Å². The number of benzene rings is 6. The third-order valence-electron chi connectivity index (χ3n) is 10.4. The number of nitrogen functional groups attached to an aromatic ring is 4. The van der Waals surface area contributed by atoms with E-state index in [1.54, 1.807) is 30.3 Å². The second kappa shape index (κ2) is 30.2. The molecule has 0 spiro atoms. The molecule has 24 heteroatoms. The molecule has 6 rings (SSSR count). The van der Waals surface area contributed by atoms with Crippen LogP contribution in [0, 0.1) is 0 Å². The Labute approximate surface area is 458 Å². The molecule has 0 aliphatic carbocycles. The minimum Gasteiger partial charge on any atom is -0.463 e. The molecule has 0 saturated heterocycles. The number of anilines is 4. The lowest BCUT2D eigenvalue weighted by molar-refractivity contribution is -0.275. The Morgan fingerprint density at radius 3 is 0.975 bits per heavy atom. The number of carbonyl (C=O) groups is 6. The molecule has 81 heavy (non-hydrogen) atoms. The van der Waals surface area contributed by atoms with E-state index in [2.05, 4.69) is 9.47 Å². The van der Waals surface area contributed by atoms with Crippen LogP contribution in [0.2, 0.25) is 0 Å². The second-order valence-corrected chi connectivity index (χ2v) is 16.9. The predicted molar refractivity (Wildman–Crippen MR) is 283 cm³/mol. The first-order valence-electron chi connectivity index (χ1n) is 24.2. The average Bonchev–Trinajstić information content (AvgIpc) is 3.40. The van der Waals surface area contributed by atoms with Crippen LogP contribution in [0.15, 0.2) is 146 Å². The Morgan fingerprint density at radius 2 is 0.654 bits per heavy atom. The molecule has 18 nitrogen and oxygen atoms in total. The van der Waals surface area contributed by atoms with Gasteiger partial charge in [-0.05, 0) is 165 Å². The SMILES string of the molecule is Nc1cc(N)cc(C(=O)OCCCCCOC(=O)C=Cc2ccc(OC(=O)c3ccc(OC(F)(F)F)cc3)cc2)c1.Nc1cc(N)cc(C(=O)OCCCCOC(=O)C=Cc2ccc(OC(=O)c3ccc(OC(F)(F)F)cc3)cc2)c1. The molecule has 6 aromatic rings. The first-order chi connectivity index (χ1) is 38.5. The summed E-state index contributed by atoms with van der Waals surface area (Å²) < 4.78 is 112. The topological polar surface area (TPSA) is 280 Å². The van der Waals surface area contributed by atoms with Crippen molar-refractivity contribution >= 4 is 70.7 Å². The van der Waals surface area contributed by atoms with Gasteiger partial charge < -0.3 is 60.8 Å². The zero-order valence-corrected chi connectivity index (χ0v) is 42.7. The van der Waals surface area contributed by atoms with E-state index in [-0.39, 0.29) is 60.2 Å². The van der Waals surface area contributed by atoms with Gasteiger partial charge in [-0.1, -0.05) is 24.3 Å². The van der Waals surface area contributed by atoms with Crippen LogP contribution >= 0.6 is 0 Å². The highest BCUT2D eigenvalue weighted by molar-refractivity contribution is 5.94. The summed E-state index contributed by atoms with van der Waals surface area (Å²) in [6.07, 6.45) is -1.34. The van der Waals surface area contributed by atoms with Crippen molar-refractivity contribution in [3.05, 3.63) is 179 Å². The van der Waals surface area contributed by atoms with Gasteiger partial charge in [-0.25, -0.2) is 28.8 Å². The molecule has 8 N–H and O–H groups in total. The molecule has 0 aliphatic rings. The number of hydrogen-bond donors (Lipinski definition) is 4. The standard InChI is InChI=1S/C29H27F3N2O7.C28H25F3N2O7/c30-29(31,32)41-25-11-7-20(8-12-25)28(37)40-24-9-4-19(5-10-24)6-13-26(35)38-14-2-1-3-15-39-27(36)21-16-22(33)18-23(34)17-21;29-28(30,31)40-24-10-6-19(7-11-24)27(36)39-23-8-3-18(4-9-23)5-12-25(34)37-13-1-2-14-38-26(35)20-15-21(32)17-22(33)16-20/h4-13,16-18H,1-3,14-15,33-34H2;3-12,15-17H,1-2,13-14,32-33H2. The summed E-state index contributed by atoms with van der Waals surface area (Å²) >= 11 is 0. The van der Waals surface area contributed by atoms with E-state index in [1.165, 1.54) is 78.9 Å². The Morgan fingerprint density at radius 1 is 0.358 bits per heavy atom. The molecule has 426 valence electrons. The van der Waals surface area contributed by atoms with Gasteiger partial charge in [-0.3, -0.25) is 0 Å². The van der Waals surface area contributed by atoms with Gasteiger partial charge in [0, 0.05) is 34.9 Å². The van der Waals surface area contributed by atoms with Crippen molar-refractivity contribution in [3.8, 4) is 23.0 Å². The number of rotatable bonds is 23. The molecular weight excluding hydrogens is 1080 g/mol. The highest BCUT2D eigenvalue weighted by Crippen LogP contribution is 2.26. The molecule has 0 fully saturated rings. The van der Waals surface area contributed by atoms with Crippen LogP contribution in [-0.4, -0.2) is 75.0 Å². The maximum Gasteiger partial charge on any atom is 0.573 e. The Hall–Kier alpha value is -10.0. The fourth-order valence-corrected chi connectivity index (χ4v) is 6.65. The fraction of sp³-hybridized carbons (Fsp3) is 0.193. The monoisotopic (exact) mass is 1130 g/mol. The number of hydrogen-bond acceptors (Lipinski definition) is 18. The summed E-state index contributed by atoms with van der Waals surface area (Å²) in [7, 11) is 0. The number of ether oxygens (including phenoxy) is 8. The van der Waals surface area contributed by atoms with Gasteiger partial charge in [-0.2, -0.15) is 0 Å². The summed E-state index contributed by atoms with van der Waals surface area (Å²) in [6, 6.07) is 30.0. The van der Waals surface area contributed by atoms with E-state index >= 15 is 0 Å². The maximum atomic E-state index is 12.2. The van der Waals surface area contributed by atoms with Crippen LogP contribution in [0.1, 0.15) is 84.7 Å². The molecular formula is C57H52F6N4O14. The van der Waals surface area contributed by atoms with Gasteiger partial charge in [0.1, 0.15) is 23.0 Å². The Kier molecular flexibility index (Phi) is 23.1. The summed E-state index contributed by atoms with van der Waals surface area (Å²) in [5.74, 6) is -4.22. The second-order valence-electron chi connectivity index (χ2n) is 16.9. The summed E-state index contributed by atoms with van der Waals surface area (Å²) in [4.78, 5) is 72.3. The molecule has 6 aromatic carbocycles. The van der Waals surface area contributed by atoms with Crippen molar-refractivity contribution in [2.45, 2.75) is 44.8 Å². The molecule has 0 bridgehead atoms. The van der Waals surface area contributed by atoms with E-state index in [0.29, 0.717) is 66.0 Å². The van der Waals surface area contributed by atoms with Crippen LogP contribution in [-0.2, 0) is 28.5 Å². The summed E-state index contributed by atoms with van der Waals surface area (Å²) in [5.41, 5.74) is 26.0. The van der Waals surface area contributed by atoms with Gasteiger partial charge in [0.25, 0.3) is 0 Å². The average molecular weight is 1130 g/mol. The van der Waals surface area contributed by atoms with Crippen molar-refractivity contribution in [2.24, 2.45) is 0 Å². The molecule has 0 aliphatic heterocycles. The van der Waals surface area contributed by atoms with Crippen LogP contribution in [0.3, 0.4) is 0 Å². The lowest BCUT2D eigenvalue weighted by Gasteiger charge is -2.09. The van der Waals surface area contributed by atoms with Crippen LogP contribution in [0.25, 0.3) is 12.2 Å². The summed E-state index contributed by atoms with van der Waals surface area (Å²) in [5, 5.41) is 0. The minimum atomic E-state index is -4.83. The van der Waals surface area contributed by atoms with Crippen molar-refractivity contribution in [3.63, 3.8) is 0 Å². The molecule has 0 aromatic heterocycles. The number of esters is 6. The van der Waals surface area contributed by atoms with Crippen molar-refractivity contribution in [1.29, 1.82) is 0 Å². The Bertz CT molecular complexity index is 3110. The Balaban J connectivity index is 0.000000297.